The first kappa shape index (κ1) is 10.2. The summed E-state index contributed by atoms with van der Waals surface area (Å²) in [6.45, 7) is 0.353. The Morgan fingerprint density at radius 2 is 2.33 bits per heavy atom. The van der Waals surface area contributed by atoms with E-state index in [9.17, 15) is 4.79 Å². The third-order valence-electron chi connectivity index (χ3n) is 1.90. The van der Waals surface area contributed by atoms with E-state index in [1.54, 1.807) is 28.3 Å². The van der Waals surface area contributed by atoms with E-state index in [2.05, 4.69) is 4.98 Å². The van der Waals surface area contributed by atoms with Crippen LogP contribution in [0, 0.1) is 0 Å². The first-order chi connectivity index (χ1) is 7.16. The number of nitrogens with two attached hydrogens (primary N) is 1. The number of anilines is 1. The van der Waals surface area contributed by atoms with Crippen molar-refractivity contribution in [3.05, 3.63) is 44.1 Å². The molecule has 0 aliphatic rings. The monoisotopic (exact) mass is 241 g/mol. The van der Waals surface area contributed by atoms with Crippen molar-refractivity contribution >= 4 is 28.8 Å². The van der Waals surface area contributed by atoms with Gasteiger partial charge in [0, 0.05) is 11.6 Å². The summed E-state index contributed by atoms with van der Waals surface area (Å²) in [6, 6.07) is 3.30. The average molecular weight is 242 g/mol. The van der Waals surface area contributed by atoms with Crippen LogP contribution in [0.2, 0.25) is 5.02 Å². The minimum absolute atomic E-state index is 0.0321. The molecule has 0 bridgehead atoms. The molecule has 0 fully saturated rings. The fourth-order valence-electron chi connectivity index (χ4n) is 1.18. The Bertz CT molecular complexity index is 534. The van der Waals surface area contributed by atoms with Crippen LogP contribution in [0.3, 0.4) is 0 Å². The Hall–Kier alpha value is -1.33. The summed E-state index contributed by atoms with van der Waals surface area (Å²) in [6.07, 6.45) is 1.70. The second-order valence-corrected chi connectivity index (χ2v) is 4.23. The molecule has 0 amide bonds. The van der Waals surface area contributed by atoms with Crippen LogP contribution in [-0.4, -0.2) is 9.55 Å². The normalized spacial score (nSPS) is 10.5. The number of pyridine rings is 1. The molecule has 4 nitrogen and oxygen atoms in total. The smallest absolute Gasteiger partial charge is 0.307 e. The first-order valence-corrected chi connectivity index (χ1v) is 5.47. The summed E-state index contributed by atoms with van der Waals surface area (Å²) in [4.78, 5) is 15.3. The van der Waals surface area contributed by atoms with Gasteiger partial charge in [-0.3, -0.25) is 9.36 Å². The van der Waals surface area contributed by atoms with E-state index >= 15 is 0 Å². The Morgan fingerprint density at radius 1 is 1.53 bits per heavy atom. The van der Waals surface area contributed by atoms with Crippen molar-refractivity contribution in [3.8, 4) is 0 Å². The van der Waals surface area contributed by atoms with Gasteiger partial charge in [-0.25, -0.2) is 4.98 Å². The van der Waals surface area contributed by atoms with E-state index in [0.717, 1.165) is 11.3 Å². The van der Waals surface area contributed by atoms with Gasteiger partial charge in [-0.05, 0) is 12.1 Å². The largest absolute Gasteiger partial charge is 0.384 e. The van der Waals surface area contributed by atoms with Crippen LogP contribution in [0.4, 0.5) is 5.82 Å². The van der Waals surface area contributed by atoms with Gasteiger partial charge in [0.25, 0.3) is 0 Å². The molecule has 0 unspecified atom stereocenters. The van der Waals surface area contributed by atoms with E-state index in [-0.39, 0.29) is 4.87 Å². The van der Waals surface area contributed by atoms with Crippen LogP contribution in [0.5, 0.6) is 0 Å². The molecular weight excluding hydrogens is 234 g/mol. The SMILES string of the molecule is Nc1ccc(Cl)c(Cn2ccsc2=O)n1. The minimum atomic E-state index is -0.0321. The van der Waals surface area contributed by atoms with Crippen LogP contribution < -0.4 is 10.6 Å². The molecule has 2 aromatic rings. The molecule has 6 heteroatoms. The lowest BCUT2D eigenvalue weighted by Crippen LogP contribution is -2.14. The fourth-order valence-corrected chi connectivity index (χ4v) is 1.93. The van der Waals surface area contributed by atoms with Gasteiger partial charge in [-0.15, -0.1) is 0 Å². The average Bonchev–Trinajstić information content (AvgIpc) is 2.58. The van der Waals surface area contributed by atoms with Crippen LogP contribution in [0.25, 0.3) is 0 Å². The van der Waals surface area contributed by atoms with E-state index in [0.29, 0.717) is 23.1 Å². The molecule has 15 heavy (non-hydrogen) atoms. The van der Waals surface area contributed by atoms with Crippen molar-refractivity contribution in [1.82, 2.24) is 9.55 Å². The maximum Gasteiger partial charge on any atom is 0.307 e. The number of nitrogen functional groups attached to an aromatic ring is 1. The lowest BCUT2D eigenvalue weighted by molar-refractivity contribution is 0.763. The van der Waals surface area contributed by atoms with E-state index in [1.807, 2.05) is 0 Å². The summed E-state index contributed by atoms with van der Waals surface area (Å²) in [5, 5.41) is 2.24. The lowest BCUT2D eigenvalue weighted by atomic mass is 10.3. The molecule has 0 radical (unpaired) electrons. The zero-order valence-corrected chi connectivity index (χ0v) is 9.26. The van der Waals surface area contributed by atoms with E-state index < -0.39 is 0 Å². The van der Waals surface area contributed by atoms with Gasteiger partial charge < -0.3 is 5.73 Å². The second-order valence-electron chi connectivity index (χ2n) is 2.96. The second kappa shape index (κ2) is 4.04. The molecule has 78 valence electrons. The number of halogens is 1. The highest BCUT2D eigenvalue weighted by Crippen LogP contribution is 2.15. The minimum Gasteiger partial charge on any atom is -0.384 e. The van der Waals surface area contributed by atoms with Crippen molar-refractivity contribution in [1.29, 1.82) is 0 Å². The maximum absolute atomic E-state index is 11.3. The number of nitrogens with zero attached hydrogens (tertiary/aromatic N) is 2. The predicted octanol–water partition coefficient (Wildman–Crippen LogP) is 1.59. The molecule has 0 atom stereocenters. The number of hydrogen-bond donors (Lipinski definition) is 1. The zero-order valence-electron chi connectivity index (χ0n) is 7.68. The van der Waals surface area contributed by atoms with Gasteiger partial charge in [-0.1, -0.05) is 22.9 Å². The number of aromatic nitrogens is 2. The van der Waals surface area contributed by atoms with Crippen molar-refractivity contribution in [3.63, 3.8) is 0 Å². The predicted molar refractivity (Wildman–Crippen MR) is 61.3 cm³/mol. The Labute approximate surface area is 94.9 Å². The molecule has 0 aliphatic carbocycles. The van der Waals surface area contributed by atoms with Crippen LogP contribution in [-0.2, 0) is 6.54 Å². The van der Waals surface area contributed by atoms with Crippen molar-refractivity contribution in [2.45, 2.75) is 6.54 Å². The molecule has 0 aliphatic heterocycles. The van der Waals surface area contributed by atoms with Crippen LogP contribution >= 0.6 is 22.9 Å². The van der Waals surface area contributed by atoms with Gasteiger partial charge in [0.15, 0.2) is 0 Å². The summed E-state index contributed by atoms with van der Waals surface area (Å²) in [7, 11) is 0. The number of rotatable bonds is 2. The highest BCUT2D eigenvalue weighted by molar-refractivity contribution is 7.07. The third-order valence-corrected chi connectivity index (χ3v) is 2.94. The van der Waals surface area contributed by atoms with Gasteiger partial charge in [-0.2, -0.15) is 0 Å². The van der Waals surface area contributed by atoms with E-state index in [4.69, 9.17) is 17.3 Å². The molecule has 0 aromatic carbocycles. The van der Waals surface area contributed by atoms with Crippen molar-refractivity contribution in [2.75, 3.05) is 5.73 Å². The molecule has 2 heterocycles. The van der Waals surface area contributed by atoms with Gasteiger partial charge in [0.1, 0.15) is 5.82 Å². The molecule has 0 spiro atoms. The summed E-state index contributed by atoms with van der Waals surface area (Å²) in [5.74, 6) is 0.401. The lowest BCUT2D eigenvalue weighted by Gasteiger charge is -2.04. The molecule has 2 rings (SSSR count). The van der Waals surface area contributed by atoms with Gasteiger partial charge in [0.05, 0.1) is 17.3 Å². The molecular formula is C9H8ClN3OS. The summed E-state index contributed by atoms with van der Waals surface area (Å²) >= 11 is 7.07. The Kier molecular flexibility index (Phi) is 2.75. The summed E-state index contributed by atoms with van der Waals surface area (Å²) < 4.78 is 1.54. The van der Waals surface area contributed by atoms with Crippen LogP contribution in [0.15, 0.2) is 28.5 Å². The van der Waals surface area contributed by atoms with E-state index in [1.165, 1.54) is 0 Å². The quantitative estimate of drug-likeness (QED) is 0.869. The van der Waals surface area contributed by atoms with Gasteiger partial charge >= 0.3 is 4.87 Å². The molecule has 0 saturated heterocycles. The van der Waals surface area contributed by atoms with Crippen LogP contribution in [0.1, 0.15) is 5.69 Å². The first-order valence-electron chi connectivity index (χ1n) is 4.21. The maximum atomic E-state index is 11.3. The standard InChI is InChI=1S/C9H8ClN3OS/c10-6-1-2-8(11)12-7(6)5-13-3-4-15-9(13)14/h1-4H,5H2,(H2,11,12). The molecule has 2 N–H and O–H groups in total. The Morgan fingerprint density at radius 3 is 3.00 bits per heavy atom. The van der Waals surface area contributed by atoms with Crippen molar-refractivity contribution < 1.29 is 0 Å². The number of thiazole rings is 1. The Balaban J connectivity index is 2.36. The third kappa shape index (κ3) is 2.19. The van der Waals surface area contributed by atoms with Crippen molar-refractivity contribution in [2.24, 2.45) is 0 Å². The topological polar surface area (TPSA) is 60.9 Å². The fraction of sp³-hybridized carbons (Fsp3) is 0.111. The molecule has 0 saturated carbocycles. The molecule has 2 aromatic heterocycles. The summed E-state index contributed by atoms with van der Waals surface area (Å²) in [5.41, 5.74) is 6.15. The zero-order chi connectivity index (χ0) is 10.8. The highest BCUT2D eigenvalue weighted by atomic mass is 35.5. The van der Waals surface area contributed by atoms with Gasteiger partial charge in [0.2, 0.25) is 0 Å². The highest BCUT2D eigenvalue weighted by Gasteiger charge is 2.05. The number of hydrogen-bond acceptors (Lipinski definition) is 4.